The first kappa shape index (κ1) is 35.6. The number of likely N-dealkylation sites (N-methyl/N-ethyl adjacent to an activating group) is 1. The summed E-state index contributed by atoms with van der Waals surface area (Å²) in [4.78, 5) is 60.1. The van der Waals surface area contributed by atoms with Crippen LogP contribution in [0, 0.1) is 5.92 Å². The average molecular weight is 696 g/mol. The monoisotopic (exact) mass is 695 g/mol. The van der Waals surface area contributed by atoms with Crippen molar-refractivity contribution < 1.29 is 28.7 Å². The molecule has 0 radical (unpaired) electrons. The van der Waals surface area contributed by atoms with Gasteiger partial charge in [-0.25, -0.2) is 14.5 Å². The van der Waals surface area contributed by atoms with Gasteiger partial charge >= 0.3 is 11.9 Å². The highest BCUT2D eigenvalue weighted by Crippen LogP contribution is 2.42. The summed E-state index contributed by atoms with van der Waals surface area (Å²) >= 11 is 4.01. The number of thiazole rings is 1. The van der Waals surface area contributed by atoms with Gasteiger partial charge in [-0.15, -0.1) is 28.2 Å². The number of rotatable bonds is 17. The number of carbonyl (C=O) groups excluding carboxylic acids is 4. The van der Waals surface area contributed by atoms with Gasteiger partial charge in [0, 0.05) is 35.8 Å². The van der Waals surface area contributed by atoms with E-state index in [1.165, 1.54) is 39.8 Å². The first-order chi connectivity index (χ1) is 22.0. The van der Waals surface area contributed by atoms with E-state index in [0.717, 1.165) is 19.4 Å². The van der Waals surface area contributed by atoms with Gasteiger partial charge < -0.3 is 25.4 Å². The largest absolute Gasteiger partial charge is 0.425 e. The van der Waals surface area contributed by atoms with Gasteiger partial charge in [0.25, 0.3) is 5.91 Å². The van der Waals surface area contributed by atoms with Crippen LogP contribution in [0.1, 0.15) is 52.1 Å². The molecule has 0 bridgehead atoms. The number of β-lactam (4-membered cyclic amide) rings is 1. The first-order valence-electron chi connectivity index (χ1n) is 15.1. The number of hydrogen-bond acceptors (Lipinski definition) is 15. The molecule has 0 aliphatic carbocycles. The lowest BCUT2D eigenvalue weighted by atomic mass is 10.0. The van der Waals surface area contributed by atoms with Crippen LogP contribution in [0.4, 0.5) is 5.13 Å². The molecule has 2 aromatic rings. The molecule has 2 aliphatic heterocycles. The molecule has 1 saturated heterocycles. The normalized spacial score (nSPS) is 18.4. The summed E-state index contributed by atoms with van der Waals surface area (Å²) in [6.07, 6.45) is 1.59. The summed E-state index contributed by atoms with van der Waals surface area (Å²) in [6, 6.07) is -0.832. The molecular formula is C28H41N9O6S3. The fraction of sp³-hybridized carbons (Fsp3) is 0.643. The number of unbranched alkanes of at least 4 members (excludes halogenated alkanes) is 2. The number of nitrogen functional groups attached to an aromatic ring is 1. The minimum Gasteiger partial charge on any atom is -0.425 e. The lowest BCUT2D eigenvalue weighted by molar-refractivity contribution is -0.195. The molecule has 15 nitrogen and oxygen atoms in total. The number of aromatic nitrogens is 5. The van der Waals surface area contributed by atoms with Gasteiger partial charge in [-0.1, -0.05) is 45.4 Å². The number of nitrogens with zero attached hydrogens (tertiary/aromatic N) is 7. The molecular weight excluding hydrogens is 655 g/mol. The predicted octanol–water partition coefficient (Wildman–Crippen LogP) is 1.91. The maximum absolute atomic E-state index is 13.8. The number of tetrazole rings is 1. The highest BCUT2D eigenvalue weighted by atomic mass is 32.2. The highest BCUT2D eigenvalue weighted by Gasteiger charge is 2.54. The molecule has 2 amide bonds. The van der Waals surface area contributed by atoms with Gasteiger partial charge in [0.1, 0.15) is 17.1 Å². The fourth-order valence-electron chi connectivity index (χ4n) is 4.63. The number of carbonyl (C=O) groups is 4. The summed E-state index contributed by atoms with van der Waals surface area (Å²) in [5.74, 6) is -1.67. The fourth-order valence-corrected chi connectivity index (χ4v) is 7.58. The molecule has 3 atom stereocenters. The van der Waals surface area contributed by atoms with E-state index in [-0.39, 0.29) is 30.4 Å². The van der Waals surface area contributed by atoms with Crippen molar-refractivity contribution in [2.45, 2.75) is 82.3 Å². The number of ether oxygens (including phenoxy) is 2. The summed E-state index contributed by atoms with van der Waals surface area (Å²) in [6.45, 7) is 6.91. The summed E-state index contributed by atoms with van der Waals surface area (Å²) in [5.41, 5.74) is 6.92. The second-order valence-corrected chi connectivity index (χ2v) is 14.4. The van der Waals surface area contributed by atoms with Crippen molar-refractivity contribution in [1.29, 1.82) is 0 Å². The number of thioether (sulfide) groups is 2. The van der Waals surface area contributed by atoms with Crippen molar-refractivity contribution in [3.8, 4) is 0 Å². The van der Waals surface area contributed by atoms with Crippen LogP contribution in [-0.4, -0.2) is 109 Å². The highest BCUT2D eigenvalue weighted by molar-refractivity contribution is 8.01. The number of amides is 2. The lowest BCUT2D eigenvalue weighted by Gasteiger charge is -2.49. The SMILES string of the molecule is CCCCCC(=O)OC(OC(=O)C1=C(CSc2nnnn2CCN(C)C)CS[C@H]2[C@H](NC(=O)Cc3csc(N)n3)C(=O)N12)C(C)C. The standard InChI is InChI=1S/C28H41N9O6S3/c1-6-7-8-9-20(39)42-26(16(2)3)43-25(41)22-17(14-46-28-32-33-34-36(28)11-10-35(4)5)13-44-24-21(23(40)37(22)24)31-19(38)12-18-15-45-27(29)30-18/h15-16,21,24,26H,6-14H2,1-5H3,(H2,29,30)(H,31,38)/t21-,24+,26?/m1/s1. The number of hydrogen-bond donors (Lipinski definition) is 2. The predicted molar refractivity (Wildman–Crippen MR) is 174 cm³/mol. The Labute approximate surface area is 280 Å². The lowest BCUT2D eigenvalue weighted by Crippen LogP contribution is -2.70. The van der Waals surface area contributed by atoms with Crippen molar-refractivity contribution in [3.05, 3.63) is 22.3 Å². The topological polar surface area (TPSA) is 188 Å². The Morgan fingerprint density at radius 2 is 2.02 bits per heavy atom. The summed E-state index contributed by atoms with van der Waals surface area (Å²) < 4.78 is 13.0. The molecule has 2 aliphatic rings. The van der Waals surface area contributed by atoms with Gasteiger partial charge in [0.05, 0.1) is 18.7 Å². The zero-order valence-corrected chi connectivity index (χ0v) is 29.1. The molecule has 252 valence electrons. The van der Waals surface area contributed by atoms with Gasteiger partial charge in [-0.2, -0.15) is 0 Å². The van der Waals surface area contributed by atoms with Crippen LogP contribution in [-0.2, 0) is 41.6 Å². The Hall–Kier alpha value is -3.22. The van der Waals surface area contributed by atoms with Crippen LogP contribution < -0.4 is 11.1 Å². The number of fused-ring (bicyclic) bond motifs is 1. The zero-order chi connectivity index (χ0) is 33.4. The quantitative estimate of drug-likeness (QED) is 0.0803. The van der Waals surface area contributed by atoms with Crippen molar-refractivity contribution >= 4 is 63.7 Å². The van der Waals surface area contributed by atoms with E-state index in [4.69, 9.17) is 15.2 Å². The molecule has 2 aromatic heterocycles. The van der Waals surface area contributed by atoms with E-state index in [1.54, 1.807) is 23.9 Å². The third-order valence-electron chi connectivity index (χ3n) is 7.10. The Morgan fingerprint density at radius 1 is 1.24 bits per heavy atom. The number of nitrogens with one attached hydrogen (secondary N) is 1. The van der Waals surface area contributed by atoms with E-state index in [9.17, 15) is 19.2 Å². The Bertz CT molecular complexity index is 1430. The Morgan fingerprint density at radius 3 is 2.70 bits per heavy atom. The van der Waals surface area contributed by atoms with Gasteiger partial charge in [-0.05, 0) is 36.5 Å². The molecule has 4 heterocycles. The Kier molecular flexibility index (Phi) is 12.8. The van der Waals surface area contributed by atoms with Crippen molar-refractivity contribution in [1.82, 2.24) is 40.3 Å². The third-order valence-corrected chi connectivity index (χ3v) is 10.2. The smallest absolute Gasteiger partial charge is 0.358 e. The number of anilines is 1. The maximum atomic E-state index is 13.8. The molecule has 1 fully saturated rings. The third kappa shape index (κ3) is 9.19. The average Bonchev–Trinajstić information content (AvgIpc) is 3.64. The molecule has 46 heavy (non-hydrogen) atoms. The zero-order valence-electron chi connectivity index (χ0n) is 26.6. The Balaban J connectivity index is 1.52. The minimum absolute atomic E-state index is 0.0241. The van der Waals surface area contributed by atoms with Gasteiger partial charge in [0.2, 0.25) is 17.4 Å². The first-order valence-corrected chi connectivity index (χ1v) is 18.0. The number of esters is 2. The van der Waals surface area contributed by atoms with Gasteiger partial charge in [0.15, 0.2) is 5.13 Å². The van der Waals surface area contributed by atoms with Crippen molar-refractivity contribution in [2.75, 3.05) is 37.9 Å². The van der Waals surface area contributed by atoms with Gasteiger partial charge in [-0.3, -0.25) is 19.3 Å². The second kappa shape index (κ2) is 16.6. The van der Waals surface area contributed by atoms with E-state index in [1.807, 2.05) is 25.9 Å². The molecule has 0 spiro atoms. The summed E-state index contributed by atoms with van der Waals surface area (Å²) in [7, 11) is 3.91. The molecule has 4 rings (SSSR count). The molecule has 1 unspecified atom stereocenters. The molecule has 18 heteroatoms. The van der Waals surface area contributed by atoms with Crippen LogP contribution in [0.2, 0.25) is 0 Å². The van der Waals surface area contributed by atoms with Crippen molar-refractivity contribution in [2.24, 2.45) is 5.92 Å². The van der Waals surface area contributed by atoms with E-state index in [0.29, 0.717) is 46.0 Å². The van der Waals surface area contributed by atoms with Crippen LogP contribution in [0.25, 0.3) is 0 Å². The van der Waals surface area contributed by atoms with Crippen LogP contribution in [0.15, 0.2) is 21.8 Å². The molecule has 0 aromatic carbocycles. The maximum Gasteiger partial charge on any atom is 0.358 e. The van der Waals surface area contributed by atoms with E-state index < -0.39 is 35.6 Å². The minimum atomic E-state index is -1.13. The van der Waals surface area contributed by atoms with Crippen LogP contribution in [0.3, 0.4) is 0 Å². The number of nitrogens with two attached hydrogens (primary N) is 1. The molecule has 3 N–H and O–H groups in total. The van der Waals surface area contributed by atoms with E-state index in [2.05, 4.69) is 25.8 Å². The van der Waals surface area contributed by atoms with E-state index >= 15 is 0 Å². The van der Waals surface area contributed by atoms with Crippen molar-refractivity contribution in [3.63, 3.8) is 0 Å². The second-order valence-electron chi connectivity index (χ2n) is 11.5. The molecule has 0 saturated carbocycles. The summed E-state index contributed by atoms with van der Waals surface area (Å²) in [5, 5.41) is 16.9. The van der Waals surface area contributed by atoms with Crippen LogP contribution in [0.5, 0.6) is 0 Å². The van der Waals surface area contributed by atoms with Crippen LogP contribution >= 0.6 is 34.9 Å².